The zero-order valence-corrected chi connectivity index (χ0v) is 17.2. The molecule has 0 saturated carbocycles. The van der Waals surface area contributed by atoms with Gasteiger partial charge in [-0.2, -0.15) is 13.4 Å². The van der Waals surface area contributed by atoms with Crippen molar-refractivity contribution in [1.82, 2.24) is 18.7 Å². The molecule has 0 radical (unpaired) electrons. The van der Waals surface area contributed by atoms with E-state index in [9.17, 15) is 8.42 Å². The highest BCUT2D eigenvalue weighted by Crippen LogP contribution is 2.28. The molecular weight excluding hydrogens is 418 g/mol. The van der Waals surface area contributed by atoms with Crippen molar-refractivity contribution in [3.63, 3.8) is 0 Å². The number of halogens is 1. The summed E-state index contributed by atoms with van der Waals surface area (Å²) in [7, 11) is -2.12. The molecule has 0 aliphatic heterocycles. The molecule has 2 heterocycles. The van der Waals surface area contributed by atoms with Crippen molar-refractivity contribution in [1.29, 1.82) is 0 Å². The van der Waals surface area contributed by atoms with E-state index in [-0.39, 0.29) is 16.0 Å². The lowest BCUT2D eigenvalue weighted by atomic mass is 10.2. The van der Waals surface area contributed by atoms with Crippen LogP contribution >= 0.6 is 23.4 Å². The smallest absolute Gasteiger partial charge is 0.286 e. The van der Waals surface area contributed by atoms with Crippen LogP contribution in [-0.2, 0) is 22.8 Å². The van der Waals surface area contributed by atoms with Crippen molar-refractivity contribution in [3.8, 4) is 0 Å². The number of aryl methyl sites for hydroxylation is 1. The summed E-state index contributed by atoms with van der Waals surface area (Å²) in [6.45, 7) is 0. The average Bonchev–Trinajstić information content (AvgIpc) is 3.24. The fourth-order valence-corrected chi connectivity index (χ4v) is 5.17. The van der Waals surface area contributed by atoms with Gasteiger partial charge in [-0.3, -0.25) is 0 Å². The number of thioether (sulfide) groups is 1. The van der Waals surface area contributed by atoms with E-state index in [2.05, 4.69) is 10.1 Å². The minimum atomic E-state index is -3.98. The summed E-state index contributed by atoms with van der Waals surface area (Å²) in [5, 5.41) is 5.68. The number of fused-ring (bicyclic) bond motifs is 1. The van der Waals surface area contributed by atoms with Crippen LogP contribution in [0.2, 0.25) is 5.02 Å². The van der Waals surface area contributed by atoms with E-state index in [1.165, 1.54) is 11.8 Å². The number of nitrogens with zero attached hydrogens (tertiary/aromatic N) is 4. The average molecular weight is 434 g/mol. The van der Waals surface area contributed by atoms with E-state index in [4.69, 9.17) is 17.3 Å². The number of anilines is 1. The number of hydrogen-bond acceptors (Lipinski definition) is 6. The third-order valence-corrected chi connectivity index (χ3v) is 7.05. The third-order valence-electron chi connectivity index (χ3n) is 4.26. The predicted octanol–water partition coefficient (Wildman–Crippen LogP) is 3.53. The molecule has 0 amide bonds. The Bertz CT molecular complexity index is 1260. The third kappa shape index (κ3) is 3.36. The summed E-state index contributed by atoms with van der Waals surface area (Å²) in [6.07, 6.45) is 1.81. The van der Waals surface area contributed by atoms with Gasteiger partial charge in [0, 0.05) is 34.9 Å². The molecule has 28 heavy (non-hydrogen) atoms. The molecule has 0 fully saturated rings. The van der Waals surface area contributed by atoms with Crippen LogP contribution in [0, 0.1) is 0 Å². The van der Waals surface area contributed by atoms with Crippen LogP contribution in [-0.4, -0.2) is 27.2 Å². The van der Waals surface area contributed by atoms with Gasteiger partial charge in [0.15, 0.2) is 0 Å². The van der Waals surface area contributed by atoms with Crippen molar-refractivity contribution in [3.05, 3.63) is 65.3 Å². The lowest BCUT2D eigenvalue weighted by Gasteiger charge is -2.07. The van der Waals surface area contributed by atoms with E-state index in [0.717, 1.165) is 15.2 Å². The maximum atomic E-state index is 13.2. The number of aromatic nitrogens is 4. The van der Waals surface area contributed by atoms with Crippen LogP contribution in [0.1, 0.15) is 5.56 Å². The van der Waals surface area contributed by atoms with E-state index in [1.807, 2.05) is 36.0 Å². The highest BCUT2D eigenvalue weighted by Gasteiger charge is 2.25. The second-order valence-corrected chi connectivity index (χ2v) is 9.25. The first-order chi connectivity index (χ1) is 13.4. The van der Waals surface area contributed by atoms with Gasteiger partial charge in [0.1, 0.15) is 0 Å². The molecule has 4 aromatic rings. The second-order valence-electron chi connectivity index (χ2n) is 6.13. The molecular formula is C18H16ClN5O2S2. The summed E-state index contributed by atoms with van der Waals surface area (Å²) in [4.78, 5) is 4.24. The van der Waals surface area contributed by atoms with E-state index in [1.54, 1.807) is 30.3 Å². The van der Waals surface area contributed by atoms with Gasteiger partial charge in [-0.1, -0.05) is 41.6 Å². The van der Waals surface area contributed by atoms with Crippen LogP contribution in [0.4, 0.5) is 5.95 Å². The minimum absolute atomic E-state index is 0.136. The van der Waals surface area contributed by atoms with Crippen LogP contribution in [0.5, 0.6) is 0 Å². The molecule has 144 valence electrons. The molecule has 2 aromatic heterocycles. The zero-order valence-electron chi connectivity index (χ0n) is 14.8. The Morgan fingerprint density at radius 3 is 2.64 bits per heavy atom. The molecule has 0 saturated heterocycles. The van der Waals surface area contributed by atoms with Gasteiger partial charge >= 0.3 is 0 Å². The molecule has 0 aliphatic carbocycles. The highest BCUT2D eigenvalue weighted by molar-refractivity contribution is 7.98. The topological polar surface area (TPSA) is 95.8 Å². The van der Waals surface area contributed by atoms with Crippen LogP contribution in [0.3, 0.4) is 0 Å². The Morgan fingerprint density at radius 1 is 1.14 bits per heavy atom. The Kier molecular flexibility index (Phi) is 4.82. The maximum Gasteiger partial charge on any atom is 0.286 e. The van der Waals surface area contributed by atoms with Crippen LogP contribution < -0.4 is 5.73 Å². The first-order valence-corrected chi connectivity index (χ1v) is 11.1. The van der Waals surface area contributed by atoms with Crippen LogP contribution in [0.25, 0.3) is 10.9 Å². The monoisotopic (exact) mass is 433 g/mol. The summed E-state index contributed by atoms with van der Waals surface area (Å²) < 4.78 is 28.9. The molecule has 2 aromatic carbocycles. The van der Waals surface area contributed by atoms with Gasteiger partial charge in [0.25, 0.3) is 10.0 Å². The minimum Gasteiger partial charge on any atom is -0.367 e. The number of rotatable bonds is 5. The Morgan fingerprint density at radius 2 is 1.89 bits per heavy atom. The molecule has 2 N–H and O–H groups in total. The lowest BCUT2D eigenvalue weighted by Crippen LogP contribution is -2.17. The number of hydrogen-bond donors (Lipinski definition) is 1. The summed E-state index contributed by atoms with van der Waals surface area (Å²) in [5.74, 6) is 0.390. The molecule has 0 atom stereocenters. The molecule has 0 spiro atoms. The van der Waals surface area contributed by atoms with Crippen molar-refractivity contribution in [2.24, 2.45) is 7.05 Å². The zero-order chi connectivity index (χ0) is 19.9. The molecule has 7 nitrogen and oxygen atoms in total. The van der Waals surface area contributed by atoms with Gasteiger partial charge in [0.2, 0.25) is 11.1 Å². The Labute approximate surface area is 171 Å². The number of nitrogen functional groups attached to an aromatic ring is 1. The van der Waals surface area contributed by atoms with Crippen molar-refractivity contribution >= 4 is 50.2 Å². The normalized spacial score (nSPS) is 11.9. The van der Waals surface area contributed by atoms with E-state index < -0.39 is 10.0 Å². The van der Waals surface area contributed by atoms with E-state index >= 15 is 0 Å². The van der Waals surface area contributed by atoms with E-state index in [0.29, 0.717) is 16.2 Å². The molecule has 4 rings (SSSR count). The summed E-state index contributed by atoms with van der Waals surface area (Å²) >= 11 is 7.18. The summed E-state index contributed by atoms with van der Waals surface area (Å²) in [5.41, 5.74) is 7.70. The maximum absolute atomic E-state index is 13.2. The van der Waals surface area contributed by atoms with Crippen molar-refractivity contribution in [2.45, 2.75) is 15.8 Å². The fraction of sp³-hybridized carbons (Fsp3) is 0.111. The molecule has 10 heteroatoms. The van der Waals surface area contributed by atoms with Gasteiger partial charge < -0.3 is 10.3 Å². The summed E-state index contributed by atoms with van der Waals surface area (Å²) in [6, 6.07) is 14.2. The predicted molar refractivity (Wildman–Crippen MR) is 111 cm³/mol. The quantitative estimate of drug-likeness (QED) is 0.483. The molecule has 0 bridgehead atoms. The van der Waals surface area contributed by atoms with Gasteiger partial charge in [0.05, 0.1) is 4.90 Å². The first kappa shape index (κ1) is 18.9. The Hall–Kier alpha value is -2.49. The molecule has 0 unspecified atom stereocenters. The Balaban J connectivity index is 1.66. The van der Waals surface area contributed by atoms with Crippen LogP contribution in [0.15, 0.2) is 64.8 Å². The standard InChI is InChI=1S/C18H16ClN5O2S2/c1-23-10-9-14-15(23)3-2-4-16(14)28(25,26)24-17(20)21-18(22-24)27-11-12-5-7-13(19)8-6-12/h2-10H,11H2,1H3,(H2,20,21,22). The van der Waals surface area contributed by atoms with Crippen molar-refractivity contribution < 1.29 is 8.42 Å². The van der Waals surface area contributed by atoms with Gasteiger partial charge in [-0.05, 0) is 35.9 Å². The van der Waals surface area contributed by atoms with Gasteiger partial charge in [-0.15, -0.1) is 9.19 Å². The number of benzene rings is 2. The lowest BCUT2D eigenvalue weighted by molar-refractivity contribution is 0.580. The molecule has 0 aliphatic rings. The number of nitrogens with two attached hydrogens (primary N) is 1. The van der Waals surface area contributed by atoms with Gasteiger partial charge in [-0.25, -0.2) is 0 Å². The highest BCUT2D eigenvalue weighted by atomic mass is 35.5. The van der Waals surface area contributed by atoms with Crippen molar-refractivity contribution in [2.75, 3.05) is 5.73 Å². The second kappa shape index (κ2) is 7.16. The first-order valence-electron chi connectivity index (χ1n) is 8.25. The SMILES string of the molecule is Cn1ccc2c(S(=O)(=O)n3nc(SCc4ccc(Cl)cc4)nc3N)cccc21. The largest absolute Gasteiger partial charge is 0.367 e. The fourth-order valence-electron chi connectivity index (χ4n) is 2.85.